The Labute approximate surface area is 200 Å². The third-order valence-corrected chi connectivity index (χ3v) is 6.62. The van der Waals surface area contributed by atoms with Crippen molar-refractivity contribution in [1.82, 2.24) is 19.7 Å². The van der Waals surface area contributed by atoms with Gasteiger partial charge < -0.3 is 9.84 Å². The van der Waals surface area contributed by atoms with Crippen molar-refractivity contribution in [1.29, 1.82) is 0 Å². The summed E-state index contributed by atoms with van der Waals surface area (Å²) in [4.78, 5) is 35.4. The molecule has 0 radical (unpaired) electrons. The summed E-state index contributed by atoms with van der Waals surface area (Å²) in [6, 6.07) is 9.76. The molecule has 0 spiro atoms. The number of rotatable bonds is 5. The molecule has 0 fully saturated rings. The zero-order chi connectivity index (χ0) is 24.7. The van der Waals surface area contributed by atoms with E-state index in [4.69, 9.17) is 4.52 Å². The Morgan fingerprint density at radius 3 is 2.63 bits per heavy atom. The predicted molar refractivity (Wildman–Crippen MR) is 127 cm³/mol. The van der Waals surface area contributed by atoms with Crippen LogP contribution in [-0.4, -0.2) is 25.6 Å². The van der Waals surface area contributed by atoms with E-state index in [9.17, 15) is 18.4 Å². The molecule has 8 nitrogen and oxygen atoms in total. The maximum Gasteiger partial charge on any atom is 0.268 e. The Kier molecular flexibility index (Phi) is 5.69. The summed E-state index contributed by atoms with van der Waals surface area (Å²) >= 11 is 1.21. The number of fused-ring (bicyclic) bond motifs is 1. The first-order chi connectivity index (χ1) is 16.8. The summed E-state index contributed by atoms with van der Waals surface area (Å²) in [5.74, 6) is -0.853. The number of nitrogens with one attached hydrogen (secondary N) is 1. The van der Waals surface area contributed by atoms with Gasteiger partial charge >= 0.3 is 0 Å². The SMILES string of the molecule is Cc1ccc(F)cc1NC(=O)Cn1cnc2sc(-c3nc(-c4ccc(F)cc4)no3)c(C)c2c1=O. The maximum atomic E-state index is 13.5. The summed E-state index contributed by atoms with van der Waals surface area (Å²) in [5.41, 5.74) is 1.80. The van der Waals surface area contributed by atoms with E-state index < -0.39 is 17.3 Å². The van der Waals surface area contributed by atoms with Crippen molar-refractivity contribution in [3.8, 4) is 22.2 Å². The average Bonchev–Trinajstić information content (AvgIpc) is 3.44. The minimum atomic E-state index is -0.490. The largest absolute Gasteiger partial charge is 0.333 e. The van der Waals surface area contributed by atoms with E-state index in [1.54, 1.807) is 32.0 Å². The summed E-state index contributed by atoms with van der Waals surface area (Å²) in [7, 11) is 0. The first-order valence-electron chi connectivity index (χ1n) is 10.4. The molecule has 1 amide bonds. The smallest absolute Gasteiger partial charge is 0.268 e. The number of carbonyl (C=O) groups is 1. The van der Waals surface area contributed by atoms with Crippen molar-refractivity contribution in [2.45, 2.75) is 20.4 Å². The summed E-state index contributed by atoms with van der Waals surface area (Å²) in [6.45, 7) is 3.18. The van der Waals surface area contributed by atoms with E-state index in [0.717, 1.165) is 0 Å². The van der Waals surface area contributed by atoms with Gasteiger partial charge in [0.15, 0.2) is 0 Å². The number of aryl methyl sites for hydroxylation is 2. The van der Waals surface area contributed by atoms with Gasteiger partial charge in [-0.25, -0.2) is 13.8 Å². The van der Waals surface area contributed by atoms with Gasteiger partial charge in [-0.05, 0) is 61.4 Å². The average molecular weight is 493 g/mol. The fourth-order valence-electron chi connectivity index (χ4n) is 3.58. The molecule has 0 aliphatic rings. The van der Waals surface area contributed by atoms with Gasteiger partial charge in [0.25, 0.3) is 11.4 Å². The molecule has 11 heteroatoms. The van der Waals surface area contributed by atoms with Gasteiger partial charge in [-0.1, -0.05) is 11.2 Å². The lowest BCUT2D eigenvalue weighted by Crippen LogP contribution is -2.28. The first-order valence-corrected chi connectivity index (χ1v) is 11.3. The summed E-state index contributed by atoms with van der Waals surface area (Å²) < 4.78 is 33.3. The number of hydrogen-bond acceptors (Lipinski definition) is 7. The van der Waals surface area contributed by atoms with E-state index in [2.05, 4.69) is 20.4 Å². The van der Waals surface area contributed by atoms with E-state index in [1.807, 2.05) is 0 Å². The fraction of sp³-hybridized carbons (Fsp3) is 0.125. The normalized spacial score (nSPS) is 11.2. The van der Waals surface area contributed by atoms with Crippen molar-refractivity contribution in [3.05, 3.63) is 81.9 Å². The number of halogens is 2. The highest BCUT2D eigenvalue weighted by atomic mass is 32.1. The van der Waals surface area contributed by atoms with Crippen LogP contribution in [0.1, 0.15) is 11.1 Å². The lowest BCUT2D eigenvalue weighted by Gasteiger charge is -2.09. The molecule has 0 bridgehead atoms. The van der Waals surface area contributed by atoms with Gasteiger partial charge in [0, 0.05) is 11.3 Å². The lowest BCUT2D eigenvalue weighted by atomic mass is 10.2. The quantitative estimate of drug-likeness (QED) is 0.380. The summed E-state index contributed by atoms with van der Waals surface area (Å²) in [6.07, 6.45) is 1.29. The first kappa shape index (κ1) is 22.5. The van der Waals surface area contributed by atoms with Crippen LogP contribution in [0.4, 0.5) is 14.5 Å². The number of aromatic nitrogens is 4. The van der Waals surface area contributed by atoms with Crippen molar-refractivity contribution < 1.29 is 18.1 Å². The Morgan fingerprint density at radius 2 is 1.86 bits per heavy atom. The van der Waals surface area contributed by atoms with Crippen LogP contribution in [0.15, 0.2) is 58.1 Å². The van der Waals surface area contributed by atoms with Crippen LogP contribution in [0.25, 0.3) is 32.4 Å². The Hall–Kier alpha value is -4.25. The van der Waals surface area contributed by atoms with Crippen LogP contribution < -0.4 is 10.9 Å². The van der Waals surface area contributed by atoms with Crippen LogP contribution in [0.3, 0.4) is 0 Å². The van der Waals surface area contributed by atoms with E-state index in [1.165, 1.54) is 46.5 Å². The van der Waals surface area contributed by atoms with Gasteiger partial charge in [0.1, 0.15) is 23.0 Å². The monoisotopic (exact) mass is 493 g/mol. The number of nitrogens with zero attached hydrogens (tertiary/aromatic N) is 4. The molecule has 3 aromatic heterocycles. The summed E-state index contributed by atoms with van der Waals surface area (Å²) in [5, 5.41) is 6.91. The number of amides is 1. The minimum absolute atomic E-state index is 0.204. The predicted octanol–water partition coefficient (Wildman–Crippen LogP) is 4.71. The molecule has 0 unspecified atom stereocenters. The highest BCUT2D eigenvalue weighted by Crippen LogP contribution is 2.35. The highest BCUT2D eigenvalue weighted by molar-refractivity contribution is 7.22. The Balaban J connectivity index is 1.44. The fourth-order valence-corrected chi connectivity index (χ4v) is 4.64. The third kappa shape index (κ3) is 4.33. The van der Waals surface area contributed by atoms with Crippen LogP contribution in [0.5, 0.6) is 0 Å². The van der Waals surface area contributed by atoms with Gasteiger partial charge in [-0.15, -0.1) is 11.3 Å². The molecule has 5 rings (SSSR count). The molecule has 0 atom stereocenters. The number of carbonyl (C=O) groups excluding carboxylic acids is 1. The zero-order valence-corrected chi connectivity index (χ0v) is 19.3. The molecular weight excluding hydrogens is 476 g/mol. The second-order valence-corrected chi connectivity index (χ2v) is 8.85. The highest BCUT2D eigenvalue weighted by Gasteiger charge is 2.21. The van der Waals surface area contributed by atoms with Crippen LogP contribution in [-0.2, 0) is 11.3 Å². The molecule has 2 aromatic carbocycles. The molecule has 0 aliphatic carbocycles. The molecule has 1 N–H and O–H groups in total. The van der Waals surface area contributed by atoms with Gasteiger partial charge in [-0.3, -0.25) is 14.2 Å². The molecule has 0 saturated heterocycles. The number of thiophene rings is 1. The van der Waals surface area contributed by atoms with Gasteiger partial charge in [-0.2, -0.15) is 4.98 Å². The maximum absolute atomic E-state index is 13.5. The van der Waals surface area contributed by atoms with E-state index in [-0.39, 0.29) is 24.1 Å². The third-order valence-electron chi connectivity index (χ3n) is 5.43. The molecule has 176 valence electrons. The number of hydrogen-bond donors (Lipinski definition) is 1. The van der Waals surface area contributed by atoms with Crippen molar-refractivity contribution in [2.24, 2.45) is 0 Å². The van der Waals surface area contributed by atoms with Crippen LogP contribution in [0.2, 0.25) is 0 Å². The molecule has 0 saturated carbocycles. The minimum Gasteiger partial charge on any atom is -0.333 e. The Morgan fingerprint density at radius 1 is 1.11 bits per heavy atom. The molecule has 0 aliphatic heterocycles. The Bertz CT molecular complexity index is 1640. The van der Waals surface area contributed by atoms with Crippen LogP contribution in [0, 0.1) is 25.5 Å². The molecule has 5 aromatic rings. The van der Waals surface area contributed by atoms with Crippen molar-refractivity contribution in [3.63, 3.8) is 0 Å². The van der Waals surface area contributed by atoms with E-state index in [0.29, 0.717) is 37.5 Å². The lowest BCUT2D eigenvalue weighted by molar-refractivity contribution is -0.116. The van der Waals surface area contributed by atoms with E-state index >= 15 is 0 Å². The second kappa shape index (κ2) is 8.84. The molecule has 3 heterocycles. The number of benzene rings is 2. The zero-order valence-electron chi connectivity index (χ0n) is 18.5. The number of anilines is 1. The molecular formula is C24H17F2N5O3S. The van der Waals surface area contributed by atoms with Crippen LogP contribution >= 0.6 is 11.3 Å². The second-order valence-electron chi connectivity index (χ2n) is 7.85. The molecule has 35 heavy (non-hydrogen) atoms. The van der Waals surface area contributed by atoms with Gasteiger partial charge in [0.2, 0.25) is 11.7 Å². The topological polar surface area (TPSA) is 103 Å². The van der Waals surface area contributed by atoms with Crippen molar-refractivity contribution >= 4 is 33.1 Å². The standard InChI is InChI=1S/C24H17F2N5O3S/c1-12-3-6-16(26)9-17(12)28-18(32)10-31-11-27-23-19(24(31)33)13(2)20(35-23)22-29-21(30-34-22)14-4-7-15(25)8-5-14/h3-9,11H,10H2,1-2H3,(H,28,32). The van der Waals surface area contributed by atoms with Gasteiger partial charge in [0.05, 0.1) is 16.6 Å². The van der Waals surface area contributed by atoms with Crippen molar-refractivity contribution in [2.75, 3.05) is 5.32 Å².